The van der Waals surface area contributed by atoms with Crippen LogP contribution in [0.1, 0.15) is 12.6 Å². The van der Waals surface area contributed by atoms with Crippen molar-refractivity contribution in [1.82, 2.24) is 18.9 Å². The normalized spacial score (nSPS) is 11.4. The molecular weight excluding hydrogens is 416 g/mol. The van der Waals surface area contributed by atoms with Crippen molar-refractivity contribution in [3.63, 3.8) is 0 Å². The summed E-state index contributed by atoms with van der Waals surface area (Å²) in [5.74, 6) is 1.40. The van der Waals surface area contributed by atoms with Crippen LogP contribution in [0, 0.1) is 0 Å². The maximum atomic E-state index is 12.3. The molecule has 8 heteroatoms. The summed E-state index contributed by atoms with van der Waals surface area (Å²) in [5.41, 5.74) is 3.66. The molecule has 6 nitrogen and oxygen atoms in total. The monoisotopic (exact) mass is 434 g/mol. The summed E-state index contributed by atoms with van der Waals surface area (Å²) in [6, 6.07) is 17.7. The third-order valence-corrected chi connectivity index (χ3v) is 6.37. The van der Waals surface area contributed by atoms with E-state index in [0.717, 1.165) is 33.3 Å². The largest absolute Gasteiger partial charge is 0.494 e. The van der Waals surface area contributed by atoms with Crippen LogP contribution in [0.3, 0.4) is 0 Å². The molecule has 0 saturated carbocycles. The zero-order valence-electron chi connectivity index (χ0n) is 16.2. The first-order valence-corrected chi connectivity index (χ1v) is 11.4. The highest BCUT2D eigenvalue weighted by Crippen LogP contribution is 2.30. The maximum Gasteiger partial charge on any atom is 0.258 e. The second-order valence-corrected chi connectivity index (χ2v) is 8.39. The summed E-state index contributed by atoms with van der Waals surface area (Å²) in [6.07, 6.45) is 1.75. The summed E-state index contributed by atoms with van der Waals surface area (Å²) in [5, 5.41) is 2.72. The summed E-state index contributed by atoms with van der Waals surface area (Å²) >= 11 is 3.03. The highest BCUT2D eigenvalue weighted by Gasteiger charge is 2.14. The van der Waals surface area contributed by atoms with Crippen LogP contribution in [-0.2, 0) is 5.75 Å². The van der Waals surface area contributed by atoms with Gasteiger partial charge in [-0.05, 0) is 43.3 Å². The lowest BCUT2D eigenvalue weighted by molar-refractivity contribution is 0.340. The second-order valence-electron chi connectivity index (χ2n) is 6.58. The van der Waals surface area contributed by atoms with Crippen molar-refractivity contribution in [2.45, 2.75) is 17.8 Å². The van der Waals surface area contributed by atoms with Crippen LogP contribution in [0.2, 0.25) is 0 Å². The number of benzene rings is 2. The lowest BCUT2D eigenvalue weighted by Crippen LogP contribution is -2.12. The molecule has 0 spiro atoms. The number of nitrogens with zero attached hydrogens (tertiary/aromatic N) is 4. The van der Waals surface area contributed by atoms with E-state index in [0.29, 0.717) is 17.3 Å². The van der Waals surface area contributed by atoms with E-state index in [9.17, 15) is 4.79 Å². The molecule has 5 rings (SSSR count). The standard InChI is InChI=1S/C22H18N4O2S2/c1-2-28-17-9-7-16(8-10-17)26-19-6-4-3-5-18(19)24-22(26)30-14-15-13-20(27)25-11-12-29-21(25)23-15/h3-13H,2,14H2,1H3. The van der Waals surface area contributed by atoms with Gasteiger partial charge in [0.1, 0.15) is 5.75 Å². The minimum Gasteiger partial charge on any atom is -0.494 e. The molecule has 0 N–H and O–H groups in total. The van der Waals surface area contributed by atoms with E-state index in [4.69, 9.17) is 9.72 Å². The fourth-order valence-corrected chi connectivity index (χ4v) is 4.97. The molecule has 0 bridgehead atoms. The summed E-state index contributed by atoms with van der Waals surface area (Å²) in [6.45, 7) is 2.61. The zero-order chi connectivity index (χ0) is 20.5. The number of aromatic nitrogens is 4. The molecule has 5 aromatic rings. The molecule has 0 radical (unpaired) electrons. The van der Waals surface area contributed by atoms with Crippen LogP contribution in [-0.4, -0.2) is 25.5 Å². The van der Waals surface area contributed by atoms with Crippen LogP contribution in [0.5, 0.6) is 5.75 Å². The molecule has 150 valence electrons. The van der Waals surface area contributed by atoms with Crippen LogP contribution < -0.4 is 10.3 Å². The first-order valence-electron chi connectivity index (χ1n) is 9.52. The number of rotatable bonds is 6. The highest BCUT2D eigenvalue weighted by atomic mass is 32.2. The zero-order valence-corrected chi connectivity index (χ0v) is 17.8. The predicted octanol–water partition coefficient (Wildman–Crippen LogP) is 4.79. The van der Waals surface area contributed by atoms with Crippen molar-refractivity contribution in [3.8, 4) is 11.4 Å². The lowest BCUT2D eigenvalue weighted by Gasteiger charge is -2.10. The van der Waals surface area contributed by atoms with E-state index in [1.807, 2.05) is 54.8 Å². The van der Waals surface area contributed by atoms with E-state index in [-0.39, 0.29) is 5.56 Å². The Balaban J connectivity index is 1.51. The third-order valence-electron chi connectivity index (χ3n) is 4.64. The molecule has 0 atom stereocenters. The van der Waals surface area contributed by atoms with E-state index in [1.165, 1.54) is 11.3 Å². The molecule has 0 fully saturated rings. The number of thioether (sulfide) groups is 1. The van der Waals surface area contributed by atoms with Gasteiger partial charge in [0.15, 0.2) is 10.1 Å². The smallest absolute Gasteiger partial charge is 0.258 e. The molecule has 0 aliphatic heterocycles. The Morgan fingerprint density at radius 1 is 1.10 bits per heavy atom. The molecule has 30 heavy (non-hydrogen) atoms. The summed E-state index contributed by atoms with van der Waals surface area (Å²) in [7, 11) is 0. The van der Waals surface area contributed by atoms with E-state index in [2.05, 4.69) is 15.6 Å². The molecule has 0 aliphatic carbocycles. The van der Waals surface area contributed by atoms with Crippen molar-refractivity contribution in [3.05, 3.63) is 82.2 Å². The molecular formula is C22H18N4O2S2. The third kappa shape index (κ3) is 3.48. The van der Waals surface area contributed by atoms with Crippen molar-refractivity contribution >= 4 is 39.1 Å². The Bertz CT molecular complexity index is 1390. The molecule has 3 aromatic heterocycles. The number of hydrogen-bond acceptors (Lipinski definition) is 6. The number of fused-ring (bicyclic) bond motifs is 2. The van der Waals surface area contributed by atoms with Crippen LogP contribution in [0.25, 0.3) is 21.7 Å². The number of thiazole rings is 1. The van der Waals surface area contributed by atoms with Gasteiger partial charge in [0.05, 0.1) is 23.3 Å². The Morgan fingerprint density at radius 2 is 1.93 bits per heavy atom. The van der Waals surface area contributed by atoms with Gasteiger partial charge in [0.2, 0.25) is 0 Å². The molecule has 0 unspecified atom stereocenters. The van der Waals surface area contributed by atoms with E-state index >= 15 is 0 Å². The predicted molar refractivity (Wildman–Crippen MR) is 121 cm³/mol. The number of imidazole rings is 1. The molecule has 3 heterocycles. The Hall–Kier alpha value is -3.10. The minimum absolute atomic E-state index is 0.0585. The minimum atomic E-state index is -0.0585. The SMILES string of the molecule is CCOc1ccc(-n2c(SCc3cc(=O)n4ccsc4n3)nc3ccccc32)cc1. The first-order chi connectivity index (χ1) is 14.7. The van der Waals surface area contributed by atoms with Gasteiger partial charge in [-0.2, -0.15) is 0 Å². The van der Waals surface area contributed by atoms with Crippen LogP contribution >= 0.6 is 23.1 Å². The lowest BCUT2D eigenvalue weighted by atomic mass is 10.2. The fourth-order valence-electron chi connectivity index (χ4n) is 3.31. The molecule has 0 aliphatic rings. The van der Waals surface area contributed by atoms with Gasteiger partial charge >= 0.3 is 0 Å². The van der Waals surface area contributed by atoms with Crippen molar-refractivity contribution < 1.29 is 4.74 Å². The number of hydrogen-bond donors (Lipinski definition) is 0. The Kier molecular flexibility index (Phi) is 5.02. The topological polar surface area (TPSA) is 61.4 Å². The molecule has 0 saturated heterocycles. The Morgan fingerprint density at radius 3 is 2.77 bits per heavy atom. The van der Waals surface area contributed by atoms with Crippen molar-refractivity contribution in [2.75, 3.05) is 6.61 Å². The van der Waals surface area contributed by atoms with Crippen LogP contribution in [0.4, 0.5) is 0 Å². The summed E-state index contributed by atoms with van der Waals surface area (Å²) in [4.78, 5) is 22.4. The van der Waals surface area contributed by atoms with Crippen LogP contribution in [0.15, 0.2) is 76.1 Å². The number of ether oxygens (including phenoxy) is 1. The Labute approximate surface area is 180 Å². The molecule has 2 aromatic carbocycles. The fraction of sp³-hybridized carbons (Fsp3) is 0.136. The molecule has 0 amide bonds. The van der Waals surface area contributed by atoms with Gasteiger partial charge in [0, 0.05) is 29.1 Å². The van der Waals surface area contributed by atoms with Gasteiger partial charge < -0.3 is 4.74 Å². The van der Waals surface area contributed by atoms with E-state index < -0.39 is 0 Å². The van der Waals surface area contributed by atoms with Gasteiger partial charge in [0.25, 0.3) is 5.56 Å². The van der Waals surface area contributed by atoms with Gasteiger partial charge in [-0.3, -0.25) is 13.8 Å². The first kappa shape index (κ1) is 18.9. The number of para-hydroxylation sites is 2. The average molecular weight is 435 g/mol. The summed E-state index contributed by atoms with van der Waals surface area (Å²) < 4.78 is 9.27. The van der Waals surface area contributed by atoms with Crippen molar-refractivity contribution in [1.29, 1.82) is 0 Å². The maximum absolute atomic E-state index is 12.3. The van der Waals surface area contributed by atoms with Gasteiger partial charge in [-0.25, -0.2) is 9.97 Å². The highest BCUT2D eigenvalue weighted by molar-refractivity contribution is 7.98. The van der Waals surface area contributed by atoms with Gasteiger partial charge in [-0.1, -0.05) is 23.9 Å². The van der Waals surface area contributed by atoms with Crippen molar-refractivity contribution in [2.24, 2.45) is 0 Å². The average Bonchev–Trinajstić information content (AvgIpc) is 3.38. The van der Waals surface area contributed by atoms with Gasteiger partial charge in [-0.15, -0.1) is 11.3 Å². The van der Waals surface area contributed by atoms with E-state index in [1.54, 1.807) is 28.4 Å². The quantitative estimate of drug-likeness (QED) is 0.360. The second kappa shape index (κ2) is 7.97.